The summed E-state index contributed by atoms with van der Waals surface area (Å²) in [7, 11) is 0. The normalized spacial score (nSPS) is 10.5. The number of anilines is 1. The van der Waals surface area contributed by atoms with Crippen molar-refractivity contribution in [3.63, 3.8) is 0 Å². The van der Waals surface area contributed by atoms with Crippen molar-refractivity contribution in [1.82, 2.24) is 4.98 Å². The molecule has 0 saturated heterocycles. The zero-order chi connectivity index (χ0) is 16.2. The lowest BCUT2D eigenvalue weighted by atomic mass is 10.2. The van der Waals surface area contributed by atoms with Gasteiger partial charge in [-0.3, -0.25) is 9.78 Å². The van der Waals surface area contributed by atoms with E-state index >= 15 is 0 Å². The molecular formula is C17H12Cl2N2O2. The van der Waals surface area contributed by atoms with Gasteiger partial charge in [0.1, 0.15) is 5.75 Å². The Morgan fingerprint density at radius 1 is 1.04 bits per heavy atom. The van der Waals surface area contributed by atoms with Gasteiger partial charge in [0.25, 0.3) is 5.91 Å². The number of pyridine rings is 1. The molecule has 4 nitrogen and oxygen atoms in total. The fourth-order valence-corrected chi connectivity index (χ4v) is 2.39. The second kappa shape index (κ2) is 6.86. The van der Waals surface area contributed by atoms with E-state index in [1.54, 1.807) is 48.7 Å². The Morgan fingerprint density at radius 2 is 1.78 bits per heavy atom. The molecule has 0 unspecified atom stereocenters. The van der Waals surface area contributed by atoms with Crippen LogP contribution in [0.15, 0.2) is 54.7 Å². The van der Waals surface area contributed by atoms with Crippen molar-refractivity contribution in [1.29, 1.82) is 0 Å². The number of aromatic nitrogens is 1. The van der Waals surface area contributed by atoms with E-state index in [0.29, 0.717) is 27.0 Å². The van der Waals surface area contributed by atoms with Gasteiger partial charge in [-0.15, -0.1) is 0 Å². The van der Waals surface area contributed by atoms with Crippen LogP contribution in [-0.4, -0.2) is 17.5 Å². The second-order valence-corrected chi connectivity index (χ2v) is 5.68. The van der Waals surface area contributed by atoms with Gasteiger partial charge >= 0.3 is 0 Å². The number of benzene rings is 2. The van der Waals surface area contributed by atoms with Gasteiger partial charge in [0.2, 0.25) is 0 Å². The Balaban J connectivity index is 1.69. The summed E-state index contributed by atoms with van der Waals surface area (Å²) in [5.74, 6) is 0.318. The van der Waals surface area contributed by atoms with Crippen molar-refractivity contribution in [2.45, 2.75) is 0 Å². The first-order chi connectivity index (χ1) is 11.1. The minimum atomic E-state index is -0.262. The molecule has 1 amide bonds. The van der Waals surface area contributed by atoms with E-state index in [2.05, 4.69) is 10.3 Å². The van der Waals surface area contributed by atoms with Crippen LogP contribution in [0.3, 0.4) is 0 Å². The molecule has 3 aromatic rings. The van der Waals surface area contributed by atoms with E-state index in [1.807, 2.05) is 6.07 Å². The Bertz CT molecular complexity index is 851. The van der Waals surface area contributed by atoms with Crippen molar-refractivity contribution in [2.24, 2.45) is 0 Å². The highest BCUT2D eigenvalue weighted by Crippen LogP contribution is 2.24. The molecule has 0 spiro atoms. The zero-order valence-electron chi connectivity index (χ0n) is 11.9. The number of carbonyl (C=O) groups is 1. The molecule has 0 aliphatic heterocycles. The lowest BCUT2D eigenvalue weighted by molar-refractivity contribution is -0.118. The molecule has 1 aromatic heterocycles. The predicted molar refractivity (Wildman–Crippen MR) is 92.3 cm³/mol. The number of ether oxygens (including phenoxy) is 1. The van der Waals surface area contributed by atoms with Gasteiger partial charge in [-0.2, -0.15) is 0 Å². The van der Waals surface area contributed by atoms with Gasteiger partial charge in [0.05, 0.1) is 11.2 Å². The van der Waals surface area contributed by atoms with E-state index in [1.165, 1.54) is 0 Å². The fourth-order valence-electron chi connectivity index (χ4n) is 2.10. The number of hydrogen-bond acceptors (Lipinski definition) is 3. The Labute approximate surface area is 143 Å². The standard InChI is InChI=1S/C17H12Cl2N2O2/c18-11-1-4-13(5-2-11)23-10-17(22)21-15-7-8-20-16-9-12(19)3-6-14(15)16/h1-9H,10H2,(H,20,21,22). The first-order valence-corrected chi connectivity index (χ1v) is 7.60. The van der Waals surface area contributed by atoms with Gasteiger partial charge in [-0.25, -0.2) is 0 Å². The summed E-state index contributed by atoms with van der Waals surface area (Å²) < 4.78 is 5.42. The van der Waals surface area contributed by atoms with Gasteiger partial charge in [-0.1, -0.05) is 23.2 Å². The summed E-state index contributed by atoms with van der Waals surface area (Å²) in [6.07, 6.45) is 1.62. The first-order valence-electron chi connectivity index (χ1n) is 6.84. The molecule has 116 valence electrons. The topological polar surface area (TPSA) is 51.2 Å². The largest absolute Gasteiger partial charge is 0.484 e. The molecule has 0 aliphatic rings. The third kappa shape index (κ3) is 3.92. The predicted octanol–water partition coefficient (Wildman–Crippen LogP) is 4.56. The summed E-state index contributed by atoms with van der Waals surface area (Å²) in [4.78, 5) is 16.3. The number of halogens is 2. The molecule has 2 aromatic carbocycles. The number of rotatable bonds is 4. The highest BCUT2D eigenvalue weighted by atomic mass is 35.5. The smallest absolute Gasteiger partial charge is 0.262 e. The summed E-state index contributed by atoms with van der Waals surface area (Å²) in [6.45, 7) is -0.0982. The number of carbonyl (C=O) groups excluding carboxylic acids is 1. The highest BCUT2D eigenvalue weighted by molar-refractivity contribution is 6.31. The van der Waals surface area contributed by atoms with Crippen LogP contribution in [-0.2, 0) is 4.79 Å². The molecule has 0 bridgehead atoms. The number of fused-ring (bicyclic) bond motifs is 1. The van der Waals surface area contributed by atoms with E-state index in [0.717, 1.165) is 5.39 Å². The molecule has 0 aliphatic carbocycles. The molecule has 3 rings (SSSR count). The number of nitrogens with zero attached hydrogens (tertiary/aromatic N) is 1. The summed E-state index contributed by atoms with van der Waals surface area (Å²) >= 11 is 11.7. The third-order valence-corrected chi connectivity index (χ3v) is 3.65. The number of amides is 1. The monoisotopic (exact) mass is 346 g/mol. The maximum absolute atomic E-state index is 12.1. The zero-order valence-corrected chi connectivity index (χ0v) is 13.4. The van der Waals surface area contributed by atoms with Crippen molar-refractivity contribution in [3.8, 4) is 5.75 Å². The van der Waals surface area contributed by atoms with Gasteiger partial charge in [0, 0.05) is 21.6 Å². The Hall–Kier alpha value is -2.30. The molecule has 23 heavy (non-hydrogen) atoms. The Morgan fingerprint density at radius 3 is 2.57 bits per heavy atom. The van der Waals surface area contributed by atoms with E-state index < -0.39 is 0 Å². The molecule has 1 N–H and O–H groups in total. The van der Waals surface area contributed by atoms with Crippen LogP contribution >= 0.6 is 23.2 Å². The molecule has 0 radical (unpaired) electrons. The van der Waals surface area contributed by atoms with Crippen LogP contribution in [0.5, 0.6) is 5.75 Å². The lowest BCUT2D eigenvalue weighted by Gasteiger charge is -2.09. The van der Waals surface area contributed by atoms with Crippen molar-refractivity contribution < 1.29 is 9.53 Å². The average Bonchev–Trinajstić information content (AvgIpc) is 2.54. The number of hydrogen-bond donors (Lipinski definition) is 1. The van der Waals surface area contributed by atoms with E-state index in [4.69, 9.17) is 27.9 Å². The lowest BCUT2D eigenvalue weighted by Crippen LogP contribution is -2.20. The molecule has 1 heterocycles. The van der Waals surface area contributed by atoms with E-state index in [9.17, 15) is 4.79 Å². The van der Waals surface area contributed by atoms with Crippen LogP contribution in [0.2, 0.25) is 10.0 Å². The van der Waals surface area contributed by atoms with Gasteiger partial charge in [-0.05, 0) is 48.5 Å². The SMILES string of the molecule is O=C(COc1ccc(Cl)cc1)Nc1ccnc2cc(Cl)ccc12. The van der Waals surface area contributed by atoms with Gasteiger partial charge < -0.3 is 10.1 Å². The van der Waals surface area contributed by atoms with Crippen LogP contribution in [0.25, 0.3) is 10.9 Å². The highest BCUT2D eigenvalue weighted by Gasteiger charge is 2.08. The quantitative estimate of drug-likeness (QED) is 0.753. The van der Waals surface area contributed by atoms with Crippen molar-refractivity contribution >= 4 is 45.7 Å². The third-order valence-electron chi connectivity index (χ3n) is 3.16. The van der Waals surface area contributed by atoms with E-state index in [-0.39, 0.29) is 12.5 Å². The maximum Gasteiger partial charge on any atom is 0.262 e. The number of nitrogens with one attached hydrogen (secondary N) is 1. The van der Waals surface area contributed by atoms with Crippen molar-refractivity contribution in [3.05, 3.63) is 64.8 Å². The van der Waals surface area contributed by atoms with Gasteiger partial charge in [0.15, 0.2) is 6.61 Å². The summed E-state index contributed by atoms with van der Waals surface area (Å²) in [5, 5.41) is 4.84. The van der Waals surface area contributed by atoms with Crippen molar-refractivity contribution in [2.75, 3.05) is 11.9 Å². The minimum Gasteiger partial charge on any atom is -0.484 e. The van der Waals surface area contributed by atoms with Crippen LogP contribution in [0, 0.1) is 0 Å². The second-order valence-electron chi connectivity index (χ2n) is 4.81. The molecule has 0 atom stereocenters. The average molecular weight is 347 g/mol. The minimum absolute atomic E-state index is 0.0982. The fraction of sp³-hybridized carbons (Fsp3) is 0.0588. The van der Waals surface area contributed by atoms with Crippen LogP contribution in [0.1, 0.15) is 0 Å². The summed E-state index contributed by atoms with van der Waals surface area (Å²) in [5.41, 5.74) is 1.38. The molecule has 0 fully saturated rings. The maximum atomic E-state index is 12.1. The summed E-state index contributed by atoms with van der Waals surface area (Å²) in [6, 6.07) is 13.9. The molecule has 0 saturated carbocycles. The van der Waals surface area contributed by atoms with Crippen LogP contribution < -0.4 is 10.1 Å². The Kier molecular flexibility index (Phi) is 4.65. The molecule has 6 heteroatoms. The molecular weight excluding hydrogens is 335 g/mol. The van der Waals surface area contributed by atoms with Crippen LogP contribution in [0.4, 0.5) is 5.69 Å². The first kappa shape index (κ1) is 15.6.